The first-order valence-corrected chi connectivity index (χ1v) is 4.35. The Kier molecular flexibility index (Phi) is 2.84. The van der Waals surface area contributed by atoms with Crippen molar-refractivity contribution >= 4 is 28.9 Å². The molecule has 1 heterocycles. The fourth-order valence-corrected chi connectivity index (χ4v) is 1.54. The molecule has 0 aliphatic heterocycles. The number of thiazole rings is 1. The highest BCUT2D eigenvalue weighted by Crippen LogP contribution is 2.11. The third kappa shape index (κ3) is 2.48. The fourth-order valence-electron chi connectivity index (χ4n) is 0.646. The molecule has 0 fully saturated rings. The number of nitrogens with zero attached hydrogens (tertiary/aromatic N) is 1. The maximum Gasteiger partial charge on any atom is 0.309 e. The van der Waals surface area contributed by atoms with E-state index in [0.29, 0.717) is 11.6 Å². The van der Waals surface area contributed by atoms with Crippen LogP contribution in [0, 0.1) is 0 Å². The van der Waals surface area contributed by atoms with Crippen LogP contribution in [0.3, 0.4) is 0 Å². The Bertz CT molecular complexity index is 261. The molecule has 0 radical (unpaired) electrons. The number of rotatable bonds is 3. The zero-order valence-electron chi connectivity index (χ0n) is 5.58. The lowest BCUT2D eigenvalue weighted by molar-refractivity contribution is -0.136. The number of carboxylic acids is 1. The Morgan fingerprint density at radius 1 is 1.82 bits per heavy atom. The van der Waals surface area contributed by atoms with E-state index in [1.54, 1.807) is 5.38 Å². The first-order valence-electron chi connectivity index (χ1n) is 2.93. The van der Waals surface area contributed by atoms with Gasteiger partial charge in [-0.15, -0.1) is 22.9 Å². The highest BCUT2D eigenvalue weighted by Gasteiger charge is 2.04. The number of aromatic nitrogens is 1. The van der Waals surface area contributed by atoms with Crippen LogP contribution in [-0.4, -0.2) is 16.1 Å². The summed E-state index contributed by atoms with van der Waals surface area (Å²) < 4.78 is 0. The first kappa shape index (κ1) is 8.49. The van der Waals surface area contributed by atoms with Crippen LogP contribution in [0.4, 0.5) is 0 Å². The molecule has 60 valence electrons. The zero-order valence-corrected chi connectivity index (χ0v) is 7.15. The average molecular weight is 192 g/mol. The van der Waals surface area contributed by atoms with Crippen LogP contribution >= 0.6 is 22.9 Å². The number of hydrogen-bond acceptors (Lipinski definition) is 3. The molecular formula is C6H6ClNO2S. The van der Waals surface area contributed by atoms with E-state index in [-0.39, 0.29) is 6.42 Å². The molecule has 0 aliphatic carbocycles. The van der Waals surface area contributed by atoms with Gasteiger partial charge in [0.15, 0.2) is 0 Å². The fraction of sp³-hybridized carbons (Fsp3) is 0.333. The molecule has 5 heteroatoms. The summed E-state index contributed by atoms with van der Waals surface area (Å²) in [6.45, 7) is 0. The van der Waals surface area contributed by atoms with Gasteiger partial charge in [0, 0.05) is 5.38 Å². The topological polar surface area (TPSA) is 50.2 Å². The van der Waals surface area contributed by atoms with Gasteiger partial charge < -0.3 is 5.11 Å². The summed E-state index contributed by atoms with van der Waals surface area (Å²) in [5, 5.41) is 10.9. The monoisotopic (exact) mass is 191 g/mol. The highest BCUT2D eigenvalue weighted by molar-refractivity contribution is 7.09. The van der Waals surface area contributed by atoms with Crippen molar-refractivity contribution in [3.8, 4) is 0 Å². The summed E-state index contributed by atoms with van der Waals surface area (Å²) in [4.78, 5) is 14.2. The van der Waals surface area contributed by atoms with Crippen LogP contribution in [0.25, 0.3) is 0 Å². The number of hydrogen-bond donors (Lipinski definition) is 1. The van der Waals surface area contributed by atoms with Gasteiger partial charge in [-0.05, 0) is 0 Å². The first-order chi connectivity index (χ1) is 5.22. The van der Waals surface area contributed by atoms with Crippen LogP contribution in [0.15, 0.2) is 5.38 Å². The largest absolute Gasteiger partial charge is 0.481 e. The van der Waals surface area contributed by atoms with Gasteiger partial charge in [-0.3, -0.25) is 4.79 Å². The van der Waals surface area contributed by atoms with Gasteiger partial charge in [0.2, 0.25) is 0 Å². The molecule has 0 saturated carbocycles. The number of carbonyl (C=O) groups is 1. The zero-order chi connectivity index (χ0) is 8.27. The highest BCUT2D eigenvalue weighted by atomic mass is 35.5. The van der Waals surface area contributed by atoms with Crippen molar-refractivity contribution in [1.82, 2.24) is 4.98 Å². The van der Waals surface area contributed by atoms with E-state index in [2.05, 4.69) is 4.98 Å². The van der Waals surface area contributed by atoms with Crippen molar-refractivity contribution in [2.24, 2.45) is 0 Å². The summed E-state index contributed by atoms with van der Waals surface area (Å²) in [7, 11) is 0. The molecule has 3 nitrogen and oxygen atoms in total. The Morgan fingerprint density at radius 3 is 3.00 bits per heavy atom. The van der Waals surface area contributed by atoms with E-state index < -0.39 is 5.97 Å². The standard InChI is InChI=1S/C6H6ClNO2S/c7-2-5-8-4(3-11-5)1-6(9)10/h3H,1-2H2,(H,9,10). The molecule has 1 rings (SSSR count). The third-order valence-electron chi connectivity index (χ3n) is 1.05. The summed E-state index contributed by atoms with van der Waals surface area (Å²) in [5.41, 5.74) is 0.582. The van der Waals surface area contributed by atoms with E-state index in [4.69, 9.17) is 16.7 Å². The van der Waals surface area contributed by atoms with Crippen molar-refractivity contribution in [3.05, 3.63) is 16.1 Å². The lowest BCUT2D eigenvalue weighted by Gasteiger charge is -1.86. The minimum atomic E-state index is -0.864. The number of carboxylic acid groups (broad SMARTS) is 1. The molecule has 0 bridgehead atoms. The summed E-state index contributed by atoms with van der Waals surface area (Å²) in [6.07, 6.45) is -0.0204. The van der Waals surface area contributed by atoms with Gasteiger partial charge in [0.1, 0.15) is 5.01 Å². The Labute approximate surface area is 72.6 Å². The van der Waals surface area contributed by atoms with Crippen LogP contribution in [-0.2, 0) is 17.1 Å². The average Bonchev–Trinajstić information content (AvgIpc) is 2.34. The lowest BCUT2D eigenvalue weighted by atomic mass is 10.3. The van der Waals surface area contributed by atoms with Crippen molar-refractivity contribution in [2.75, 3.05) is 0 Å². The summed E-state index contributed by atoms with van der Waals surface area (Å²) in [6, 6.07) is 0. The normalized spacial score (nSPS) is 9.91. The quantitative estimate of drug-likeness (QED) is 0.737. The minimum absolute atomic E-state index is 0.0204. The third-order valence-corrected chi connectivity index (χ3v) is 2.36. The van der Waals surface area contributed by atoms with E-state index in [1.165, 1.54) is 11.3 Å². The van der Waals surface area contributed by atoms with Crippen LogP contribution in [0.2, 0.25) is 0 Å². The molecule has 0 amide bonds. The maximum atomic E-state index is 10.2. The minimum Gasteiger partial charge on any atom is -0.481 e. The van der Waals surface area contributed by atoms with E-state index in [0.717, 1.165) is 5.01 Å². The molecule has 0 atom stereocenters. The van der Waals surface area contributed by atoms with Crippen LogP contribution in [0.1, 0.15) is 10.7 Å². The van der Waals surface area contributed by atoms with Crippen molar-refractivity contribution < 1.29 is 9.90 Å². The van der Waals surface area contributed by atoms with Gasteiger partial charge in [0.05, 0.1) is 18.0 Å². The molecule has 11 heavy (non-hydrogen) atoms. The Hall–Kier alpha value is -0.610. The van der Waals surface area contributed by atoms with E-state index in [1.807, 2.05) is 0 Å². The predicted octanol–water partition coefficient (Wildman–Crippen LogP) is 1.51. The molecule has 1 aromatic heterocycles. The molecule has 0 aromatic carbocycles. The van der Waals surface area contributed by atoms with Gasteiger partial charge in [-0.1, -0.05) is 0 Å². The molecule has 0 unspecified atom stereocenters. The van der Waals surface area contributed by atoms with E-state index >= 15 is 0 Å². The summed E-state index contributed by atoms with van der Waals surface area (Å²) in [5.74, 6) is -0.513. The van der Waals surface area contributed by atoms with Crippen molar-refractivity contribution in [3.63, 3.8) is 0 Å². The smallest absolute Gasteiger partial charge is 0.309 e. The van der Waals surface area contributed by atoms with Gasteiger partial charge in [-0.25, -0.2) is 4.98 Å². The van der Waals surface area contributed by atoms with Crippen LogP contribution < -0.4 is 0 Å². The molecular weight excluding hydrogens is 186 g/mol. The second-order valence-corrected chi connectivity index (χ2v) is 3.15. The summed E-state index contributed by atoms with van der Waals surface area (Å²) >= 11 is 6.86. The van der Waals surface area contributed by atoms with E-state index in [9.17, 15) is 4.79 Å². The molecule has 1 N–H and O–H groups in total. The van der Waals surface area contributed by atoms with Gasteiger partial charge in [-0.2, -0.15) is 0 Å². The van der Waals surface area contributed by atoms with Crippen molar-refractivity contribution in [2.45, 2.75) is 12.3 Å². The lowest BCUT2D eigenvalue weighted by Crippen LogP contribution is -1.99. The Balaban J connectivity index is 2.65. The molecule has 0 aliphatic rings. The van der Waals surface area contributed by atoms with Crippen LogP contribution in [0.5, 0.6) is 0 Å². The molecule has 0 spiro atoms. The second-order valence-electron chi connectivity index (χ2n) is 1.94. The second kappa shape index (κ2) is 3.69. The maximum absolute atomic E-state index is 10.2. The number of alkyl halides is 1. The van der Waals surface area contributed by atoms with Gasteiger partial charge >= 0.3 is 5.97 Å². The number of aliphatic carboxylic acids is 1. The SMILES string of the molecule is O=C(O)Cc1csc(CCl)n1. The Morgan fingerprint density at radius 2 is 2.55 bits per heavy atom. The van der Waals surface area contributed by atoms with Crippen molar-refractivity contribution in [1.29, 1.82) is 0 Å². The van der Waals surface area contributed by atoms with Gasteiger partial charge in [0.25, 0.3) is 0 Å². The molecule has 1 aromatic rings. The number of halogens is 1. The predicted molar refractivity (Wildman–Crippen MR) is 43.0 cm³/mol. The molecule has 0 saturated heterocycles.